The van der Waals surface area contributed by atoms with Gasteiger partial charge in [-0.2, -0.15) is 0 Å². The fraction of sp³-hybridized carbons (Fsp3) is 0.231. The van der Waals surface area contributed by atoms with Crippen LogP contribution in [0.2, 0.25) is 0 Å². The largest absolute Gasteiger partial charge is 0.486 e. The second-order valence-electron chi connectivity index (χ2n) is 3.99. The molecule has 0 unspecified atom stereocenters. The van der Waals surface area contributed by atoms with Crippen molar-refractivity contribution < 1.29 is 4.74 Å². The Bertz CT molecular complexity index is 593. The zero-order valence-electron chi connectivity index (χ0n) is 10.1. The normalized spacial score (nSPS) is 10.3. The maximum absolute atomic E-state index is 11.5. The van der Waals surface area contributed by atoms with Crippen molar-refractivity contribution in [3.05, 3.63) is 57.8 Å². The lowest BCUT2D eigenvalue weighted by Gasteiger charge is -2.06. The molecule has 1 aromatic carbocycles. The van der Waals surface area contributed by atoms with Crippen LogP contribution in [-0.4, -0.2) is 9.97 Å². The van der Waals surface area contributed by atoms with Gasteiger partial charge in [-0.25, -0.2) is 4.98 Å². The first-order chi connectivity index (χ1) is 8.69. The van der Waals surface area contributed by atoms with E-state index in [9.17, 15) is 4.79 Å². The van der Waals surface area contributed by atoms with Crippen LogP contribution < -0.4 is 16.0 Å². The summed E-state index contributed by atoms with van der Waals surface area (Å²) in [5.41, 5.74) is 6.76. The summed E-state index contributed by atoms with van der Waals surface area (Å²) in [6.07, 6.45) is 1.48. The minimum atomic E-state index is -0.213. The molecule has 0 saturated heterocycles. The minimum absolute atomic E-state index is 0.182. The van der Waals surface area contributed by atoms with E-state index in [1.54, 1.807) is 0 Å². The number of benzene rings is 1. The first-order valence-corrected chi connectivity index (χ1v) is 5.65. The number of hydrogen-bond acceptors (Lipinski definition) is 4. The van der Waals surface area contributed by atoms with Crippen LogP contribution in [0.1, 0.15) is 17.0 Å². The van der Waals surface area contributed by atoms with Crippen LogP contribution in [0.25, 0.3) is 0 Å². The molecule has 0 aliphatic heterocycles. The third-order valence-electron chi connectivity index (χ3n) is 2.51. The van der Waals surface area contributed by atoms with Gasteiger partial charge in [-0.15, -0.1) is 0 Å². The lowest BCUT2D eigenvalue weighted by atomic mass is 10.2. The van der Waals surface area contributed by atoms with E-state index < -0.39 is 0 Å². The molecular formula is C13H15N3O2. The zero-order valence-corrected chi connectivity index (χ0v) is 10.1. The van der Waals surface area contributed by atoms with Crippen molar-refractivity contribution in [1.29, 1.82) is 0 Å². The SMILES string of the molecule is Cc1cccc(OCc2ncc(CN)c(=O)[nH]2)c1. The van der Waals surface area contributed by atoms with Crippen LogP contribution in [0.5, 0.6) is 5.75 Å². The van der Waals surface area contributed by atoms with E-state index in [-0.39, 0.29) is 18.7 Å². The van der Waals surface area contributed by atoms with Crippen LogP contribution in [-0.2, 0) is 13.2 Å². The Morgan fingerprint density at radius 2 is 2.28 bits per heavy atom. The number of nitrogens with one attached hydrogen (secondary N) is 1. The summed E-state index contributed by atoms with van der Waals surface area (Å²) in [4.78, 5) is 18.2. The van der Waals surface area contributed by atoms with Crippen LogP contribution in [0.4, 0.5) is 0 Å². The number of nitrogens with zero attached hydrogens (tertiary/aromatic N) is 1. The molecule has 1 heterocycles. The topological polar surface area (TPSA) is 81.0 Å². The molecule has 0 aliphatic carbocycles. The highest BCUT2D eigenvalue weighted by molar-refractivity contribution is 5.27. The third-order valence-corrected chi connectivity index (χ3v) is 2.51. The van der Waals surface area contributed by atoms with Gasteiger partial charge in [0.15, 0.2) is 0 Å². The van der Waals surface area contributed by atoms with Gasteiger partial charge in [0.1, 0.15) is 18.2 Å². The fourth-order valence-electron chi connectivity index (χ4n) is 1.53. The molecule has 0 fully saturated rings. The average molecular weight is 245 g/mol. The number of aromatic amines is 1. The number of aromatic nitrogens is 2. The van der Waals surface area contributed by atoms with Crippen LogP contribution >= 0.6 is 0 Å². The molecular weight excluding hydrogens is 230 g/mol. The Morgan fingerprint density at radius 3 is 2.94 bits per heavy atom. The molecule has 2 rings (SSSR count). The number of ether oxygens (including phenoxy) is 1. The highest BCUT2D eigenvalue weighted by Gasteiger charge is 2.02. The molecule has 0 saturated carbocycles. The average Bonchev–Trinajstić information content (AvgIpc) is 2.37. The molecule has 0 amide bonds. The summed E-state index contributed by atoms with van der Waals surface area (Å²) in [6, 6.07) is 7.69. The first-order valence-electron chi connectivity index (χ1n) is 5.65. The van der Waals surface area contributed by atoms with Gasteiger partial charge in [-0.3, -0.25) is 4.79 Å². The van der Waals surface area contributed by atoms with Gasteiger partial charge in [0.25, 0.3) is 5.56 Å². The second kappa shape index (κ2) is 5.46. The maximum atomic E-state index is 11.5. The molecule has 94 valence electrons. The van der Waals surface area contributed by atoms with Gasteiger partial charge >= 0.3 is 0 Å². The molecule has 3 N–H and O–H groups in total. The van der Waals surface area contributed by atoms with Crippen molar-refractivity contribution in [1.82, 2.24) is 9.97 Å². The smallest absolute Gasteiger partial charge is 0.255 e. The van der Waals surface area contributed by atoms with Crippen molar-refractivity contribution in [3.8, 4) is 5.75 Å². The lowest BCUT2D eigenvalue weighted by molar-refractivity contribution is 0.295. The Balaban J connectivity index is 2.06. The Labute approximate surface area is 105 Å². The van der Waals surface area contributed by atoms with Gasteiger partial charge < -0.3 is 15.5 Å². The third kappa shape index (κ3) is 2.95. The monoisotopic (exact) mass is 245 g/mol. The van der Waals surface area contributed by atoms with Gasteiger partial charge in [-0.1, -0.05) is 12.1 Å². The molecule has 18 heavy (non-hydrogen) atoms. The van der Waals surface area contributed by atoms with E-state index in [1.807, 2.05) is 31.2 Å². The van der Waals surface area contributed by atoms with E-state index >= 15 is 0 Å². The molecule has 0 atom stereocenters. The highest BCUT2D eigenvalue weighted by Crippen LogP contribution is 2.13. The van der Waals surface area contributed by atoms with E-state index in [0.29, 0.717) is 11.4 Å². The quantitative estimate of drug-likeness (QED) is 0.845. The number of hydrogen-bond donors (Lipinski definition) is 2. The van der Waals surface area contributed by atoms with Crippen molar-refractivity contribution in [2.75, 3.05) is 0 Å². The van der Waals surface area contributed by atoms with Crippen LogP contribution in [0.3, 0.4) is 0 Å². The van der Waals surface area contributed by atoms with Crippen molar-refractivity contribution in [3.63, 3.8) is 0 Å². The van der Waals surface area contributed by atoms with Gasteiger partial charge in [0.05, 0.1) is 0 Å². The Morgan fingerprint density at radius 1 is 1.44 bits per heavy atom. The Hall–Kier alpha value is -2.14. The van der Waals surface area contributed by atoms with Crippen LogP contribution in [0.15, 0.2) is 35.3 Å². The molecule has 1 aromatic heterocycles. The fourth-order valence-corrected chi connectivity index (χ4v) is 1.53. The zero-order chi connectivity index (χ0) is 13.0. The maximum Gasteiger partial charge on any atom is 0.255 e. The van der Waals surface area contributed by atoms with Gasteiger partial charge in [-0.05, 0) is 24.6 Å². The lowest BCUT2D eigenvalue weighted by Crippen LogP contribution is -2.19. The second-order valence-corrected chi connectivity index (χ2v) is 3.99. The standard InChI is InChI=1S/C13H15N3O2/c1-9-3-2-4-11(5-9)18-8-12-15-7-10(6-14)13(17)16-12/h2-5,7H,6,8,14H2,1H3,(H,15,16,17). The molecule has 0 spiro atoms. The molecule has 0 bridgehead atoms. The van der Waals surface area contributed by atoms with E-state index in [1.165, 1.54) is 6.20 Å². The minimum Gasteiger partial charge on any atom is -0.486 e. The first kappa shape index (κ1) is 12.3. The van der Waals surface area contributed by atoms with E-state index in [2.05, 4.69) is 9.97 Å². The molecule has 5 heteroatoms. The highest BCUT2D eigenvalue weighted by atomic mass is 16.5. The number of H-pyrrole nitrogens is 1. The van der Waals surface area contributed by atoms with Gasteiger partial charge in [0.2, 0.25) is 0 Å². The number of nitrogens with two attached hydrogens (primary N) is 1. The summed E-state index contributed by atoms with van der Waals surface area (Å²) in [5, 5.41) is 0. The van der Waals surface area contributed by atoms with Crippen molar-refractivity contribution >= 4 is 0 Å². The van der Waals surface area contributed by atoms with Gasteiger partial charge in [0, 0.05) is 18.3 Å². The predicted molar refractivity (Wildman–Crippen MR) is 68.3 cm³/mol. The predicted octanol–water partition coefficient (Wildman–Crippen LogP) is 1.12. The number of rotatable bonds is 4. The summed E-state index contributed by atoms with van der Waals surface area (Å²) in [7, 11) is 0. The summed E-state index contributed by atoms with van der Waals surface area (Å²) >= 11 is 0. The molecule has 0 aliphatic rings. The van der Waals surface area contributed by atoms with Crippen molar-refractivity contribution in [2.45, 2.75) is 20.1 Å². The van der Waals surface area contributed by atoms with Crippen LogP contribution in [0, 0.1) is 6.92 Å². The van der Waals surface area contributed by atoms with Crippen molar-refractivity contribution in [2.24, 2.45) is 5.73 Å². The summed E-state index contributed by atoms with van der Waals surface area (Å²) in [5.74, 6) is 1.24. The Kier molecular flexibility index (Phi) is 3.74. The molecule has 2 aromatic rings. The van der Waals surface area contributed by atoms with E-state index in [4.69, 9.17) is 10.5 Å². The van der Waals surface area contributed by atoms with E-state index in [0.717, 1.165) is 11.3 Å². The molecule has 0 radical (unpaired) electrons. The molecule has 5 nitrogen and oxygen atoms in total. The summed E-state index contributed by atoms with van der Waals surface area (Å²) < 4.78 is 5.54. The summed E-state index contributed by atoms with van der Waals surface area (Å²) in [6.45, 7) is 2.40. The number of aryl methyl sites for hydroxylation is 1.